The first-order valence-electron chi connectivity index (χ1n) is 5.77. The lowest BCUT2D eigenvalue weighted by Crippen LogP contribution is -2.12. The Labute approximate surface area is 130 Å². The Morgan fingerprint density at radius 3 is 2.48 bits per heavy atom. The summed E-state index contributed by atoms with van der Waals surface area (Å²) in [6.45, 7) is 0. The molecular weight excluding hydrogens is 371 g/mol. The van der Waals surface area contributed by atoms with Crippen molar-refractivity contribution < 1.29 is 18.0 Å². The molecule has 1 aromatic carbocycles. The fourth-order valence-corrected chi connectivity index (χ4v) is 2.84. The second kappa shape index (κ2) is 6.52. The van der Waals surface area contributed by atoms with Gasteiger partial charge in [0.2, 0.25) is 5.13 Å². The lowest BCUT2D eigenvalue weighted by atomic mass is 10.1. The van der Waals surface area contributed by atoms with Gasteiger partial charge in [-0.1, -0.05) is 27.3 Å². The van der Waals surface area contributed by atoms with Crippen molar-refractivity contribution in [3.05, 3.63) is 40.4 Å². The van der Waals surface area contributed by atoms with Gasteiger partial charge in [0.15, 0.2) is 0 Å². The van der Waals surface area contributed by atoms with Gasteiger partial charge in [-0.2, -0.15) is 13.2 Å². The summed E-state index contributed by atoms with van der Waals surface area (Å²) in [6, 6.07) is 3.98. The lowest BCUT2D eigenvalue weighted by molar-refractivity contribution is -0.137. The molecule has 9 heteroatoms. The summed E-state index contributed by atoms with van der Waals surface area (Å²) in [5, 5.41) is 12.0. The SMILES string of the molecule is O=C(Nc1nnc(CCBr)s1)c1ccc(C(F)(F)F)cc1. The molecular formula is C12H9BrF3N3OS. The van der Waals surface area contributed by atoms with Crippen molar-refractivity contribution in [2.45, 2.75) is 12.6 Å². The fraction of sp³-hybridized carbons (Fsp3) is 0.250. The van der Waals surface area contributed by atoms with Gasteiger partial charge in [-0.15, -0.1) is 10.2 Å². The molecule has 1 aromatic heterocycles. The Kier molecular flexibility index (Phi) is 4.94. The van der Waals surface area contributed by atoms with Crippen molar-refractivity contribution in [2.75, 3.05) is 10.6 Å². The lowest BCUT2D eigenvalue weighted by Gasteiger charge is -2.07. The highest BCUT2D eigenvalue weighted by molar-refractivity contribution is 9.09. The third kappa shape index (κ3) is 4.24. The number of aryl methyl sites for hydroxylation is 1. The first-order valence-corrected chi connectivity index (χ1v) is 7.71. The van der Waals surface area contributed by atoms with Gasteiger partial charge in [0.05, 0.1) is 5.56 Å². The molecule has 4 nitrogen and oxygen atoms in total. The quantitative estimate of drug-likeness (QED) is 0.823. The van der Waals surface area contributed by atoms with E-state index in [-0.39, 0.29) is 5.56 Å². The monoisotopic (exact) mass is 379 g/mol. The summed E-state index contributed by atoms with van der Waals surface area (Å²) >= 11 is 4.49. The van der Waals surface area contributed by atoms with Crippen LogP contribution in [-0.2, 0) is 12.6 Å². The van der Waals surface area contributed by atoms with Crippen LogP contribution in [0.15, 0.2) is 24.3 Å². The number of benzene rings is 1. The number of amides is 1. The Bertz CT molecular complexity index is 627. The molecule has 1 amide bonds. The number of nitrogens with zero attached hydrogens (tertiary/aromatic N) is 2. The summed E-state index contributed by atoms with van der Waals surface area (Å²) in [5.74, 6) is -0.523. The van der Waals surface area contributed by atoms with Crippen molar-refractivity contribution in [1.82, 2.24) is 10.2 Å². The van der Waals surface area contributed by atoms with Crippen LogP contribution in [-0.4, -0.2) is 21.4 Å². The third-order valence-corrected chi connectivity index (χ3v) is 3.77. The minimum absolute atomic E-state index is 0.125. The zero-order valence-electron chi connectivity index (χ0n) is 10.4. The number of hydrogen-bond donors (Lipinski definition) is 1. The molecule has 0 unspecified atom stereocenters. The Hall–Kier alpha value is -1.48. The summed E-state index contributed by atoms with van der Waals surface area (Å²) in [6.07, 6.45) is -3.73. The van der Waals surface area contributed by atoms with Gasteiger partial charge in [-0.05, 0) is 24.3 Å². The maximum atomic E-state index is 12.4. The van der Waals surface area contributed by atoms with Crippen LogP contribution in [0.1, 0.15) is 20.9 Å². The number of aromatic nitrogens is 2. The van der Waals surface area contributed by atoms with Crippen LogP contribution in [0.2, 0.25) is 0 Å². The molecule has 112 valence electrons. The highest BCUT2D eigenvalue weighted by Crippen LogP contribution is 2.29. The number of carbonyl (C=O) groups excluding carboxylic acids is 1. The molecule has 0 aliphatic heterocycles. The van der Waals surface area contributed by atoms with Gasteiger partial charge < -0.3 is 0 Å². The van der Waals surface area contributed by atoms with E-state index in [1.807, 2.05) is 0 Å². The molecule has 1 heterocycles. The van der Waals surface area contributed by atoms with E-state index in [4.69, 9.17) is 0 Å². The van der Waals surface area contributed by atoms with Gasteiger partial charge >= 0.3 is 6.18 Å². The molecule has 21 heavy (non-hydrogen) atoms. The smallest absolute Gasteiger partial charge is 0.296 e. The van der Waals surface area contributed by atoms with Gasteiger partial charge in [-0.25, -0.2) is 0 Å². The minimum atomic E-state index is -4.42. The third-order valence-electron chi connectivity index (χ3n) is 2.47. The first kappa shape index (κ1) is 15.9. The van der Waals surface area contributed by atoms with Gasteiger partial charge in [-0.3, -0.25) is 10.1 Å². The van der Waals surface area contributed by atoms with E-state index in [0.717, 1.165) is 34.6 Å². The van der Waals surface area contributed by atoms with E-state index in [1.54, 1.807) is 0 Å². The van der Waals surface area contributed by atoms with Crippen molar-refractivity contribution >= 4 is 38.3 Å². The van der Waals surface area contributed by atoms with E-state index in [1.165, 1.54) is 11.3 Å². The van der Waals surface area contributed by atoms with E-state index >= 15 is 0 Å². The molecule has 0 atom stereocenters. The van der Waals surface area contributed by atoms with Gasteiger partial charge in [0.25, 0.3) is 5.91 Å². The van der Waals surface area contributed by atoms with E-state index in [2.05, 4.69) is 31.4 Å². The predicted octanol–water partition coefficient (Wildman–Crippen LogP) is 3.75. The number of carbonyl (C=O) groups is 1. The van der Waals surface area contributed by atoms with Crippen LogP contribution in [0.3, 0.4) is 0 Å². The summed E-state index contributed by atoms with van der Waals surface area (Å²) in [4.78, 5) is 11.9. The molecule has 0 spiro atoms. The Morgan fingerprint density at radius 2 is 1.90 bits per heavy atom. The highest BCUT2D eigenvalue weighted by Gasteiger charge is 2.30. The van der Waals surface area contributed by atoms with Crippen LogP contribution >= 0.6 is 27.3 Å². The second-order valence-electron chi connectivity index (χ2n) is 3.97. The molecule has 0 saturated carbocycles. The number of nitrogens with one attached hydrogen (secondary N) is 1. The molecule has 1 N–H and O–H groups in total. The van der Waals surface area contributed by atoms with Crippen LogP contribution in [0.25, 0.3) is 0 Å². The molecule has 0 radical (unpaired) electrons. The number of alkyl halides is 4. The number of anilines is 1. The number of hydrogen-bond acceptors (Lipinski definition) is 4. The van der Waals surface area contributed by atoms with E-state index < -0.39 is 17.6 Å². The summed E-state index contributed by atoms with van der Waals surface area (Å²) < 4.78 is 37.3. The van der Waals surface area contributed by atoms with E-state index in [9.17, 15) is 18.0 Å². The summed E-state index contributed by atoms with van der Waals surface area (Å²) in [7, 11) is 0. The second-order valence-corrected chi connectivity index (χ2v) is 5.82. The zero-order valence-corrected chi connectivity index (χ0v) is 12.8. The minimum Gasteiger partial charge on any atom is -0.296 e. The van der Waals surface area contributed by atoms with Crippen molar-refractivity contribution in [2.24, 2.45) is 0 Å². The maximum Gasteiger partial charge on any atom is 0.416 e. The van der Waals surface area contributed by atoms with Crippen LogP contribution in [0.5, 0.6) is 0 Å². The maximum absolute atomic E-state index is 12.4. The molecule has 0 aliphatic rings. The van der Waals surface area contributed by atoms with Crippen molar-refractivity contribution in [3.63, 3.8) is 0 Å². The normalized spacial score (nSPS) is 11.4. The molecule has 0 aliphatic carbocycles. The molecule has 2 rings (SSSR count). The topological polar surface area (TPSA) is 54.9 Å². The number of rotatable bonds is 4. The predicted molar refractivity (Wildman–Crippen MR) is 76.8 cm³/mol. The van der Waals surface area contributed by atoms with Crippen molar-refractivity contribution in [1.29, 1.82) is 0 Å². The van der Waals surface area contributed by atoms with Crippen LogP contribution in [0.4, 0.5) is 18.3 Å². The average molecular weight is 380 g/mol. The van der Waals surface area contributed by atoms with E-state index in [0.29, 0.717) is 11.6 Å². The molecule has 2 aromatic rings. The van der Waals surface area contributed by atoms with Gasteiger partial charge in [0, 0.05) is 17.3 Å². The number of halogens is 4. The average Bonchev–Trinajstić information content (AvgIpc) is 2.86. The standard InChI is InChI=1S/C12H9BrF3N3OS/c13-6-5-9-18-19-11(21-9)17-10(20)7-1-3-8(4-2-7)12(14,15)16/h1-4H,5-6H2,(H,17,19,20). The zero-order chi connectivity index (χ0) is 15.5. The fourth-order valence-electron chi connectivity index (χ4n) is 1.47. The van der Waals surface area contributed by atoms with Crippen molar-refractivity contribution in [3.8, 4) is 0 Å². The molecule has 0 saturated heterocycles. The highest BCUT2D eigenvalue weighted by atomic mass is 79.9. The van der Waals surface area contributed by atoms with Gasteiger partial charge in [0.1, 0.15) is 5.01 Å². The largest absolute Gasteiger partial charge is 0.416 e. The summed E-state index contributed by atoms with van der Waals surface area (Å²) in [5.41, 5.74) is -0.671. The molecule has 0 bridgehead atoms. The molecule has 0 fully saturated rings. The van der Waals surface area contributed by atoms with Crippen LogP contribution < -0.4 is 5.32 Å². The Morgan fingerprint density at radius 1 is 1.24 bits per heavy atom. The Balaban J connectivity index is 2.06. The first-order chi connectivity index (χ1) is 9.90. The van der Waals surface area contributed by atoms with Crippen LogP contribution in [0, 0.1) is 0 Å².